The van der Waals surface area contributed by atoms with Crippen LogP contribution in [0.1, 0.15) is 10.4 Å². The maximum atomic E-state index is 11.4. The normalized spacial score (nSPS) is 17.7. The van der Waals surface area contributed by atoms with E-state index in [-0.39, 0.29) is 6.04 Å². The second-order valence-electron chi connectivity index (χ2n) is 3.74. The first-order valence-electron chi connectivity index (χ1n) is 5.15. The van der Waals surface area contributed by atoms with Gasteiger partial charge in [0.25, 0.3) is 0 Å². The van der Waals surface area contributed by atoms with Gasteiger partial charge in [0, 0.05) is 7.05 Å². The van der Waals surface area contributed by atoms with Gasteiger partial charge in [0.1, 0.15) is 12.4 Å². The molecule has 0 saturated heterocycles. The van der Waals surface area contributed by atoms with E-state index in [1.807, 2.05) is 0 Å². The van der Waals surface area contributed by atoms with E-state index in [1.54, 1.807) is 30.1 Å². The second-order valence-corrected chi connectivity index (χ2v) is 3.74. The molecule has 0 bridgehead atoms. The van der Waals surface area contributed by atoms with Gasteiger partial charge in [-0.15, -0.1) is 0 Å². The van der Waals surface area contributed by atoms with Crippen LogP contribution in [0.15, 0.2) is 18.2 Å². The summed E-state index contributed by atoms with van der Waals surface area (Å²) in [5.41, 5.74) is 1.17. The molecule has 0 fully saturated rings. The van der Waals surface area contributed by atoms with Gasteiger partial charge in [0.15, 0.2) is 6.04 Å². The minimum atomic E-state index is -0.403. The van der Waals surface area contributed by atoms with Gasteiger partial charge in [-0.05, 0) is 18.2 Å². The standard InChI is InChI=1S/C12H12N2O3/c1-14-9(6-13)7-17-11-4-3-8(5-10(11)14)12(15)16-2/h3-5,9H,7H2,1-2H3. The summed E-state index contributed by atoms with van der Waals surface area (Å²) < 4.78 is 10.1. The Morgan fingerprint density at radius 1 is 1.65 bits per heavy atom. The summed E-state index contributed by atoms with van der Waals surface area (Å²) in [6, 6.07) is 6.83. The lowest BCUT2D eigenvalue weighted by Gasteiger charge is -2.31. The Morgan fingerprint density at radius 3 is 3.06 bits per heavy atom. The predicted molar refractivity (Wildman–Crippen MR) is 61.1 cm³/mol. The molecule has 0 aromatic heterocycles. The summed E-state index contributed by atoms with van der Waals surface area (Å²) in [7, 11) is 3.14. The van der Waals surface area contributed by atoms with Crippen LogP contribution in [0, 0.1) is 11.3 Å². The summed E-state index contributed by atoms with van der Waals surface area (Å²) in [6.07, 6.45) is 0. The van der Waals surface area contributed by atoms with Crippen LogP contribution in [0.4, 0.5) is 5.69 Å². The molecule has 2 rings (SSSR count). The van der Waals surface area contributed by atoms with Gasteiger partial charge in [-0.1, -0.05) is 0 Å². The average Bonchev–Trinajstić information content (AvgIpc) is 2.38. The fraction of sp³-hybridized carbons (Fsp3) is 0.333. The zero-order valence-corrected chi connectivity index (χ0v) is 9.64. The molecule has 0 spiro atoms. The van der Waals surface area contributed by atoms with E-state index in [0.717, 1.165) is 5.69 Å². The van der Waals surface area contributed by atoms with Gasteiger partial charge < -0.3 is 14.4 Å². The van der Waals surface area contributed by atoms with Crippen LogP contribution in [0.5, 0.6) is 5.75 Å². The number of hydrogen-bond donors (Lipinski definition) is 0. The quantitative estimate of drug-likeness (QED) is 0.681. The molecule has 1 unspecified atom stereocenters. The zero-order valence-electron chi connectivity index (χ0n) is 9.64. The van der Waals surface area contributed by atoms with Gasteiger partial charge in [0.05, 0.1) is 24.4 Å². The van der Waals surface area contributed by atoms with Crippen LogP contribution in [0.3, 0.4) is 0 Å². The molecule has 5 nitrogen and oxygen atoms in total. The Balaban J connectivity index is 2.41. The Labute approximate surface area is 99.2 Å². The van der Waals surface area contributed by atoms with Crippen molar-refractivity contribution < 1.29 is 14.3 Å². The monoisotopic (exact) mass is 232 g/mol. The molecule has 1 atom stereocenters. The van der Waals surface area contributed by atoms with Crippen molar-refractivity contribution in [3.8, 4) is 11.8 Å². The maximum Gasteiger partial charge on any atom is 0.337 e. The molecule has 1 heterocycles. The van der Waals surface area contributed by atoms with E-state index >= 15 is 0 Å². The van der Waals surface area contributed by atoms with E-state index in [9.17, 15) is 4.79 Å². The van der Waals surface area contributed by atoms with Crippen molar-refractivity contribution in [2.24, 2.45) is 0 Å². The van der Waals surface area contributed by atoms with Crippen molar-refractivity contribution in [1.82, 2.24) is 0 Å². The SMILES string of the molecule is COC(=O)c1ccc2c(c1)N(C)C(C#N)CO2. The third-order valence-corrected chi connectivity index (χ3v) is 2.77. The van der Waals surface area contributed by atoms with E-state index in [2.05, 4.69) is 10.8 Å². The predicted octanol–water partition coefficient (Wildman–Crippen LogP) is 1.19. The van der Waals surface area contributed by atoms with Gasteiger partial charge in [0.2, 0.25) is 0 Å². The highest BCUT2D eigenvalue weighted by Gasteiger charge is 2.25. The van der Waals surface area contributed by atoms with Gasteiger partial charge in [-0.25, -0.2) is 4.79 Å². The fourth-order valence-corrected chi connectivity index (χ4v) is 1.73. The zero-order chi connectivity index (χ0) is 12.4. The minimum absolute atomic E-state index is 0.331. The van der Waals surface area contributed by atoms with E-state index in [1.165, 1.54) is 7.11 Å². The lowest BCUT2D eigenvalue weighted by molar-refractivity contribution is 0.0600. The lowest BCUT2D eigenvalue weighted by atomic mass is 10.1. The highest BCUT2D eigenvalue weighted by Crippen LogP contribution is 2.33. The highest BCUT2D eigenvalue weighted by atomic mass is 16.5. The van der Waals surface area contributed by atoms with E-state index in [0.29, 0.717) is 17.9 Å². The van der Waals surface area contributed by atoms with Crippen molar-refractivity contribution in [3.05, 3.63) is 23.8 Å². The number of ether oxygens (including phenoxy) is 2. The molecule has 1 aliphatic rings. The number of likely N-dealkylation sites (N-methyl/N-ethyl adjacent to an activating group) is 1. The number of nitriles is 1. The summed E-state index contributed by atoms with van der Waals surface area (Å²) in [6.45, 7) is 0.331. The topological polar surface area (TPSA) is 62.6 Å². The van der Waals surface area contributed by atoms with E-state index < -0.39 is 5.97 Å². The molecule has 0 N–H and O–H groups in total. The van der Waals surface area contributed by atoms with Crippen molar-refractivity contribution in [3.63, 3.8) is 0 Å². The number of anilines is 1. The lowest BCUT2D eigenvalue weighted by Crippen LogP contribution is -2.39. The van der Waals surface area contributed by atoms with Crippen molar-refractivity contribution in [2.45, 2.75) is 6.04 Å². The average molecular weight is 232 g/mol. The van der Waals surface area contributed by atoms with Crippen LogP contribution in [0.25, 0.3) is 0 Å². The van der Waals surface area contributed by atoms with Gasteiger partial charge >= 0.3 is 5.97 Å². The number of hydrogen-bond acceptors (Lipinski definition) is 5. The third kappa shape index (κ3) is 1.89. The number of fused-ring (bicyclic) bond motifs is 1. The number of rotatable bonds is 1. The number of benzene rings is 1. The summed E-state index contributed by atoms with van der Waals surface area (Å²) in [4.78, 5) is 13.2. The number of nitrogens with zero attached hydrogens (tertiary/aromatic N) is 2. The van der Waals surface area contributed by atoms with Crippen LogP contribution in [-0.4, -0.2) is 32.8 Å². The van der Waals surface area contributed by atoms with Gasteiger partial charge in [-0.3, -0.25) is 0 Å². The Morgan fingerprint density at radius 2 is 2.41 bits per heavy atom. The Hall–Kier alpha value is -2.22. The smallest absolute Gasteiger partial charge is 0.337 e. The molecule has 0 saturated carbocycles. The van der Waals surface area contributed by atoms with Crippen molar-refractivity contribution in [2.75, 3.05) is 25.7 Å². The summed E-state index contributed by atoms with van der Waals surface area (Å²) in [5, 5.41) is 8.95. The first-order valence-corrected chi connectivity index (χ1v) is 5.15. The van der Waals surface area contributed by atoms with Crippen LogP contribution < -0.4 is 9.64 Å². The summed E-state index contributed by atoms with van der Waals surface area (Å²) >= 11 is 0. The minimum Gasteiger partial charge on any atom is -0.488 e. The highest BCUT2D eigenvalue weighted by molar-refractivity contribution is 5.91. The van der Waals surface area contributed by atoms with Crippen LogP contribution in [-0.2, 0) is 4.74 Å². The molecule has 88 valence electrons. The molecule has 1 aromatic rings. The van der Waals surface area contributed by atoms with Crippen LogP contribution in [0.2, 0.25) is 0 Å². The number of carbonyl (C=O) groups is 1. The van der Waals surface area contributed by atoms with Crippen molar-refractivity contribution in [1.29, 1.82) is 5.26 Å². The molecule has 0 aliphatic carbocycles. The molecular formula is C12H12N2O3. The van der Waals surface area contributed by atoms with Gasteiger partial charge in [-0.2, -0.15) is 5.26 Å². The number of methoxy groups -OCH3 is 1. The fourth-order valence-electron chi connectivity index (χ4n) is 1.73. The molecule has 1 aliphatic heterocycles. The molecule has 1 aromatic carbocycles. The molecular weight excluding hydrogens is 220 g/mol. The molecule has 17 heavy (non-hydrogen) atoms. The summed E-state index contributed by atoms with van der Waals surface area (Å²) in [5.74, 6) is 0.270. The largest absolute Gasteiger partial charge is 0.488 e. The maximum absolute atomic E-state index is 11.4. The first-order chi connectivity index (χ1) is 8.17. The van der Waals surface area contributed by atoms with E-state index in [4.69, 9.17) is 10.00 Å². The van der Waals surface area contributed by atoms with Crippen molar-refractivity contribution >= 4 is 11.7 Å². The van der Waals surface area contributed by atoms with Crippen LogP contribution >= 0.6 is 0 Å². The number of carbonyl (C=O) groups excluding carboxylic acids is 1. The number of esters is 1. The Bertz CT molecular complexity index is 493. The Kier molecular flexibility index (Phi) is 2.88. The molecule has 0 amide bonds. The second kappa shape index (κ2) is 4.34. The molecule has 0 radical (unpaired) electrons. The first kappa shape index (κ1) is 11.3. The third-order valence-electron chi connectivity index (χ3n) is 2.77. The molecule has 5 heteroatoms.